The molecule has 6 heteroatoms. The van der Waals surface area contributed by atoms with Gasteiger partial charge < -0.3 is 9.55 Å². The first-order valence-corrected chi connectivity index (χ1v) is 9.68. The molecule has 0 bridgehead atoms. The molecule has 2 aromatic carbocycles. The van der Waals surface area contributed by atoms with Crippen LogP contribution in [-0.4, -0.2) is 20.4 Å². The molecule has 4 rings (SSSR count). The van der Waals surface area contributed by atoms with Gasteiger partial charge in [-0.05, 0) is 62.0 Å². The van der Waals surface area contributed by atoms with E-state index >= 15 is 0 Å². The Morgan fingerprint density at radius 2 is 1.75 bits per heavy atom. The third kappa shape index (κ3) is 3.59. The Hall–Kier alpha value is -2.89. The van der Waals surface area contributed by atoms with Crippen LogP contribution in [0.25, 0.3) is 16.9 Å². The number of nitrogens with zero attached hydrogens (tertiary/aromatic N) is 3. The molecule has 4 aromatic rings. The van der Waals surface area contributed by atoms with E-state index < -0.39 is 0 Å². The Bertz CT molecular complexity index is 1200. The highest BCUT2D eigenvalue weighted by atomic mass is 35.5. The number of hydrogen-bond donors (Lipinski definition) is 1. The van der Waals surface area contributed by atoms with Gasteiger partial charge in [-0.15, -0.1) is 0 Å². The van der Waals surface area contributed by atoms with Crippen molar-refractivity contribution in [3.05, 3.63) is 93.6 Å². The van der Waals surface area contributed by atoms with Crippen molar-refractivity contribution in [1.82, 2.24) is 14.2 Å². The summed E-state index contributed by atoms with van der Waals surface area (Å²) in [5.41, 5.74) is 6.36. The van der Waals surface area contributed by atoms with Gasteiger partial charge >= 0.3 is 0 Å². The summed E-state index contributed by atoms with van der Waals surface area (Å²) in [5, 5.41) is 5.29. The summed E-state index contributed by atoms with van der Waals surface area (Å²) >= 11 is 11.4. The average molecular weight is 407 g/mol. The topological polar surface area (TPSA) is 38.0 Å². The van der Waals surface area contributed by atoms with Gasteiger partial charge in [0.05, 0.1) is 18.1 Å². The zero-order chi connectivity index (χ0) is 19.7. The van der Waals surface area contributed by atoms with Crippen molar-refractivity contribution in [2.24, 2.45) is 5.10 Å². The van der Waals surface area contributed by atoms with Crippen LogP contribution in [0.5, 0.6) is 0 Å². The van der Waals surface area contributed by atoms with Crippen molar-refractivity contribution in [3.8, 4) is 16.9 Å². The maximum atomic E-state index is 6.02. The predicted octanol–water partition coefficient (Wildman–Crippen LogP) is 6.16. The number of aromatic amines is 1. The summed E-state index contributed by atoms with van der Waals surface area (Å²) in [6, 6.07) is 20.0. The molecule has 140 valence electrons. The first kappa shape index (κ1) is 18.5. The normalized spacial score (nSPS) is 11.4. The minimum absolute atomic E-state index is 0.557. The first-order chi connectivity index (χ1) is 13.5. The molecule has 0 spiro atoms. The van der Waals surface area contributed by atoms with E-state index in [1.165, 1.54) is 0 Å². The standard InChI is InChI=1S/C22H19ClN4S/c1-15-12-18(16(2)27(15)20-10-8-19(23)9-11-20)13-24-26-14-21(25-22(26)28)17-6-4-3-5-7-17/h3-14H,1-2H3,(H,25,28). The summed E-state index contributed by atoms with van der Waals surface area (Å²) < 4.78 is 4.43. The minimum atomic E-state index is 0.557. The summed E-state index contributed by atoms with van der Waals surface area (Å²) in [6.45, 7) is 4.16. The molecule has 0 aliphatic rings. The molecule has 0 radical (unpaired) electrons. The second-order valence-corrected chi connectivity index (χ2v) is 7.39. The Balaban J connectivity index is 1.66. The van der Waals surface area contributed by atoms with Crippen molar-refractivity contribution < 1.29 is 0 Å². The lowest BCUT2D eigenvalue weighted by Gasteiger charge is -2.09. The fourth-order valence-electron chi connectivity index (χ4n) is 3.27. The van der Waals surface area contributed by atoms with Crippen LogP contribution in [0.15, 0.2) is 72.0 Å². The molecule has 2 heterocycles. The number of imidazole rings is 1. The van der Waals surface area contributed by atoms with Crippen LogP contribution in [-0.2, 0) is 0 Å². The molecular weight excluding hydrogens is 388 g/mol. The summed E-state index contributed by atoms with van der Waals surface area (Å²) in [4.78, 5) is 3.21. The predicted molar refractivity (Wildman–Crippen MR) is 118 cm³/mol. The maximum absolute atomic E-state index is 6.02. The van der Waals surface area contributed by atoms with Crippen molar-refractivity contribution in [3.63, 3.8) is 0 Å². The quantitative estimate of drug-likeness (QED) is 0.320. The number of rotatable bonds is 4. The Morgan fingerprint density at radius 1 is 1.04 bits per heavy atom. The van der Waals surface area contributed by atoms with Gasteiger partial charge in [-0.2, -0.15) is 5.10 Å². The molecular formula is C22H19ClN4S. The number of aromatic nitrogens is 3. The molecule has 4 nitrogen and oxygen atoms in total. The van der Waals surface area contributed by atoms with Crippen LogP contribution < -0.4 is 0 Å². The number of hydrogen-bond acceptors (Lipinski definition) is 2. The van der Waals surface area contributed by atoms with Crippen LogP contribution in [0.1, 0.15) is 17.0 Å². The third-order valence-electron chi connectivity index (χ3n) is 4.66. The fraction of sp³-hybridized carbons (Fsp3) is 0.0909. The van der Waals surface area contributed by atoms with E-state index in [9.17, 15) is 0 Å². The summed E-state index contributed by atoms with van der Waals surface area (Å²) in [6.07, 6.45) is 3.75. The highest BCUT2D eigenvalue weighted by Gasteiger charge is 2.10. The largest absolute Gasteiger partial charge is 0.329 e. The maximum Gasteiger partial charge on any atom is 0.198 e. The molecule has 0 aliphatic heterocycles. The molecule has 0 amide bonds. The zero-order valence-corrected chi connectivity index (χ0v) is 17.1. The lowest BCUT2D eigenvalue weighted by molar-refractivity contribution is 0.864. The lowest BCUT2D eigenvalue weighted by Crippen LogP contribution is -1.99. The van der Waals surface area contributed by atoms with Crippen LogP contribution in [0, 0.1) is 18.6 Å². The van der Waals surface area contributed by atoms with Gasteiger partial charge in [0.15, 0.2) is 4.77 Å². The number of benzene rings is 2. The number of H-pyrrole nitrogens is 1. The molecule has 0 saturated carbocycles. The molecule has 2 aromatic heterocycles. The second-order valence-electron chi connectivity index (χ2n) is 6.57. The summed E-state index contributed by atoms with van der Waals surface area (Å²) in [7, 11) is 0. The van der Waals surface area contributed by atoms with E-state index in [1.807, 2.05) is 67.0 Å². The van der Waals surface area contributed by atoms with Gasteiger partial charge in [0.1, 0.15) is 0 Å². The van der Waals surface area contributed by atoms with E-state index in [0.717, 1.165) is 38.9 Å². The molecule has 0 aliphatic carbocycles. The van der Waals surface area contributed by atoms with Gasteiger partial charge in [0.25, 0.3) is 0 Å². The van der Waals surface area contributed by atoms with Gasteiger partial charge in [0.2, 0.25) is 0 Å². The van der Waals surface area contributed by atoms with Crippen molar-refractivity contribution in [2.45, 2.75) is 13.8 Å². The van der Waals surface area contributed by atoms with Gasteiger partial charge in [-0.1, -0.05) is 41.9 Å². The monoisotopic (exact) mass is 406 g/mol. The molecule has 0 saturated heterocycles. The molecule has 0 atom stereocenters. The molecule has 0 fully saturated rings. The van der Waals surface area contributed by atoms with Gasteiger partial charge in [-0.3, -0.25) is 0 Å². The van der Waals surface area contributed by atoms with E-state index in [2.05, 4.69) is 34.6 Å². The smallest absolute Gasteiger partial charge is 0.198 e. The lowest BCUT2D eigenvalue weighted by atomic mass is 10.2. The van der Waals surface area contributed by atoms with E-state index in [0.29, 0.717) is 4.77 Å². The van der Waals surface area contributed by atoms with Gasteiger partial charge in [-0.25, -0.2) is 4.68 Å². The molecule has 1 N–H and O–H groups in total. The van der Waals surface area contributed by atoms with E-state index in [4.69, 9.17) is 23.8 Å². The first-order valence-electron chi connectivity index (χ1n) is 8.89. The Labute approximate surface area is 173 Å². The van der Waals surface area contributed by atoms with Crippen LogP contribution >= 0.6 is 23.8 Å². The SMILES string of the molecule is Cc1cc(C=Nn2cc(-c3ccccc3)[nH]c2=S)c(C)n1-c1ccc(Cl)cc1. The Kier molecular flexibility index (Phi) is 5.03. The number of nitrogens with one attached hydrogen (secondary N) is 1. The number of aryl methyl sites for hydroxylation is 1. The molecule has 0 unspecified atom stereocenters. The van der Waals surface area contributed by atoms with Gasteiger partial charge in [0, 0.05) is 27.7 Å². The van der Waals surface area contributed by atoms with Crippen molar-refractivity contribution in [1.29, 1.82) is 0 Å². The van der Waals surface area contributed by atoms with Crippen LogP contribution in [0.3, 0.4) is 0 Å². The van der Waals surface area contributed by atoms with Crippen LogP contribution in [0.2, 0.25) is 5.02 Å². The third-order valence-corrected chi connectivity index (χ3v) is 5.20. The average Bonchev–Trinajstić information content (AvgIpc) is 3.21. The Morgan fingerprint density at radius 3 is 2.46 bits per heavy atom. The second kappa shape index (κ2) is 7.62. The van der Waals surface area contributed by atoms with Crippen LogP contribution in [0.4, 0.5) is 0 Å². The highest BCUT2D eigenvalue weighted by Crippen LogP contribution is 2.22. The van der Waals surface area contributed by atoms with Crippen molar-refractivity contribution >= 4 is 30.0 Å². The van der Waals surface area contributed by atoms with E-state index in [-0.39, 0.29) is 0 Å². The summed E-state index contributed by atoms with van der Waals surface area (Å²) in [5.74, 6) is 0. The minimum Gasteiger partial charge on any atom is -0.329 e. The van der Waals surface area contributed by atoms with E-state index in [1.54, 1.807) is 4.68 Å². The molecule has 28 heavy (non-hydrogen) atoms. The van der Waals surface area contributed by atoms with Crippen molar-refractivity contribution in [2.75, 3.05) is 0 Å². The highest BCUT2D eigenvalue weighted by molar-refractivity contribution is 7.71. The fourth-order valence-corrected chi connectivity index (χ4v) is 3.60. The number of halogens is 1. The zero-order valence-electron chi connectivity index (χ0n) is 15.6.